The Balaban J connectivity index is 0.000000187. The fourth-order valence-corrected chi connectivity index (χ4v) is 0.325. The molecule has 64 valence electrons. The van der Waals surface area contributed by atoms with Crippen LogP contribution in [0, 0.1) is 6.92 Å². The minimum absolute atomic E-state index is 0.188. The molecule has 0 unspecified atom stereocenters. The summed E-state index contributed by atoms with van der Waals surface area (Å²) in [6.45, 7) is 2.15. The summed E-state index contributed by atoms with van der Waals surface area (Å²) in [5, 5.41) is 6.45. The number of nitrogens with zero attached hydrogens (tertiary/aromatic N) is 1. The highest BCUT2D eigenvalue weighted by Gasteiger charge is 2.15. The Morgan fingerprint density at radius 1 is 1.45 bits per heavy atom. The molecule has 0 saturated carbocycles. The number of aromatic amines is 1. The molecule has 0 aromatic carbocycles. The first-order valence-corrected chi connectivity index (χ1v) is 2.92. The van der Waals surface area contributed by atoms with E-state index >= 15 is 0 Å². The molecule has 2 nitrogen and oxygen atoms in total. The molecule has 1 rings (SSSR count). The minimum atomic E-state index is -4.00. The van der Waals surface area contributed by atoms with Crippen LogP contribution in [0.4, 0.5) is 13.2 Å². The van der Waals surface area contributed by atoms with Crippen molar-refractivity contribution >= 4 is 0 Å². The molecule has 1 N–H and O–H groups in total. The Morgan fingerprint density at radius 2 is 1.91 bits per heavy atom. The zero-order valence-electron chi connectivity index (χ0n) is 6.24. The van der Waals surface area contributed by atoms with Gasteiger partial charge in [-0.2, -0.15) is 18.3 Å². The Bertz CT molecular complexity index is 172. The summed E-state index contributed by atoms with van der Waals surface area (Å²) >= 11 is 0. The zero-order chi connectivity index (χ0) is 8.91. The van der Waals surface area contributed by atoms with Gasteiger partial charge in [0.1, 0.15) is 0 Å². The zero-order valence-corrected chi connectivity index (χ0v) is 6.24. The highest BCUT2D eigenvalue weighted by atomic mass is 19.4. The van der Waals surface area contributed by atoms with Crippen LogP contribution in [0.5, 0.6) is 0 Å². The van der Waals surface area contributed by atoms with Gasteiger partial charge in [0.15, 0.2) is 0 Å². The van der Waals surface area contributed by atoms with Crippen LogP contribution in [-0.4, -0.2) is 16.4 Å². The summed E-state index contributed by atoms with van der Waals surface area (Å²) in [7, 11) is 0. The first-order chi connectivity index (χ1) is 4.89. The predicted octanol–water partition coefficient (Wildman–Crippen LogP) is 2.29. The van der Waals surface area contributed by atoms with Crippen LogP contribution in [0.2, 0.25) is 0 Å². The van der Waals surface area contributed by atoms with Gasteiger partial charge in [-0.25, -0.2) is 0 Å². The van der Waals surface area contributed by atoms with E-state index in [-0.39, 0.29) is 6.92 Å². The molecule has 1 aromatic heterocycles. The topological polar surface area (TPSA) is 28.7 Å². The molecule has 0 saturated heterocycles. The largest absolute Gasteiger partial charge is 0.386 e. The van der Waals surface area contributed by atoms with Gasteiger partial charge in [0.25, 0.3) is 0 Å². The summed E-state index contributed by atoms with van der Waals surface area (Å²) in [5.74, 6) is 0. The van der Waals surface area contributed by atoms with Crippen LogP contribution in [0.3, 0.4) is 0 Å². The van der Waals surface area contributed by atoms with E-state index in [0.717, 1.165) is 5.69 Å². The lowest BCUT2D eigenvalue weighted by atomic mass is 10.5. The van der Waals surface area contributed by atoms with Gasteiger partial charge in [-0.15, -0.1) is 0 Å². The molecule has 0 atom stereocenters. The molecule has 11 heavy (non-hydrogen) atoms. The maximum atomic E-state index is 10.4. The average Bonchev–Trinajstić information content (AvgIpc) is 2.12. The number of rotatable bonds is 0. The monoisotopic (exact) mass is 166 g/mol. The predicted molar refractivity (Wildman–Crippen MR) is 35.1 cm³/mol. The van der Waals surface area contributed by atoms with E-state index < -0.39 is 6.18 Å². The number of nitrogens with one attached hydrogen (secondary N) is 1. The maximum Gasteiger partial charge on any atom is 0.386 e. The second kappa shape index (κ2) is 4.00. The summed E-state index contributed by atoms with van der Waals surface area (Å²) in [5.41, 5.74) is 1.11. The fourth-order valence-electron chi connectivity index (χ4n) is 0.325. The SMILES string of the molecule is CC(F)(F)F.Cc1ccn[nH]1. The van der Waals surface area contributed by atoms with Crippen molar-refractivity contribution in [3.05, 3.63) is 18.0 Å². The van der Waals surface area contributed by atoms with Gasteiger partial charge in [0.2, 0.25) is 0 Å². The number of hydrogen-bond acceptors (Lipinski definition) is 1. The van der Waals surface area contributed by atoms with Gasteiger partial charge in [-0.1, -0.05) is 0 Å². The summed E-state index contributed by atoms with van der Waals surface area (Å²) < 4.78 is 31.1. The maximum absolute atomic E-state index is 10.4. The number of H-pyrrole nitrogens is 1. The van der Waals surface area contributed by atoms with Crippen LogP contribution < -0.4 is 0 Å². The van der Waals surface area contributed by atoms with Gasteiger partial charge < -0.3 is 0 Å². The lowest BCUT2D eigenvalue weighted by Crippen LogP contribution is -1.95. The minimum Gasteiger partial charge on any atom is -0.283 e. The van der Waals surface area contributed by atoms with E-state index in [1.54, 1.807) is 6.20 Å². The molecule has 0 amide bonds. The van der Waals surface area contributed by atoms with Crippen LogP contribution in [0.25, 0.3) is 0 Å². The molecule has 0 aliphatic rings. The Labute approximate surface area is 62.4 Å². The van der Waals surface area contributed by atoms with Crippen molar-refractivity contribution in [2.24, 2.45) is 0 Å². The molecule has 0 aliphatic carbocycles. The van der Waals surface area contributed by atoms with E-state index in [4.69, 9.17) is 0 Å². The molecule has 1 heterocycles. The first-order valence-electron chi connectivity index (χ1n) is 2.92. The third-order valence-electron chi connectivity index (χ3n) is 0.640. The molecule has 1 aromatic rings. The fraction of sp³-hybridized carbons (Fsp3) is 0.500. The third kappa shape index (κ3) is 12.2. The Morgan fingerprint density at radius 3 is 2.00 bits per heavy atom. The van der Waals surface area contributed by atoms with Crippen LogP contribution >= 0.6 is 0 Å². The molecule has 0 bridgehead atoms. The standard InChI is InChI=1S/C4H6N2.C2H3F3/c1-4-2-3-5-6-4;1-2(3,4)5/h2-3H,1H3,(H,5,6);1H3. The number of alkyl halides is 3. The highest BCUT2D eigenvalue weighted by Crippen LogP contribution is 2.10. The van der Waals surface area contributed by atoms with E-state index in [0.29, 0.717) is 0 Å². The summed E-state index contributed by atoms with van der Waals surface area (Å²) in [4.78, 5) is 0. The molecular formula is C6H9F3N2. The van der Waals surface area contributed by atoms with Gasteiger partial charge >= 0.3 is 6.18 Å². The first kappa shape index (κ1) is 10.0. The second-order valence-electron chi connectivity index (χ2n) is 2.02. The van der Waals surface area contributed by atoms with Gasteiger partial charge in [-0.3, -0.25) is 5.10 Å². The van der Waals surface area contributed by atoms with Gasteiger partial charge in [0.05, 0.1) is 0 Å². The molecule has 5 heteroatoms. The number of aryl methyl sites for hydroxylation is 1. The lowest BCUT2D eigenvalue weighted by Gasteiger charge is -1.88. The van der Waals surface area contributed by atoms with Gasteiger partial charge in [0, 0.05) is 18.8 Å². The van der Waals surface area contributed by atoms with Crippen molar-refractivity contribution in [1.82, 2.24) is 10.2 Å². The average molecular weight is 166 g/mol. The normalized spacial score (nSPS) is 10.3. The van der Waals surface area contributed by atoms with E-state index in [2.05, 4.69) is 10.2 Å². The van der Waals surface area contributed by atoms with Crippen LogP contribution in [-0.2, 0) is 0 Å². The van der Waals surface area contributed by atoms with Gasteiger partial charge in [-0.05, 0) is 13.0 Å². The Hall–Kier alpha value is -1.00. The van der Waals surface area contributed by atoms with Crippen LogP contribution in [0.15, 0.2) is 12.3 Å². The van der Waals surface area contributed by atoms with E-state index in [1.807, 2.05) is 13.0 Å². The number of hydrogen-bond donors (Lipinski definition) is 1. The summed E-state index contributed by atoms with van der Waals surface area (Å²) in [6.07, 6.45) is -2.27. The number of aromatic nitrogens is 2. The van der Waals surface area contributed by atoms with Crippen molar-refractivity contribution < 1.29 is 13.2 Å². The number of halogens is 3. The highest BCUT2D eigenvalue weighted by molar-refractivity contribution is 4.91. The van der Waals surface area contributed by atoms with Crippen molar-refractivity contribution in [1.29, 1.82) is 0 Å². The lowest BCUT2D eigenvalue weighted by molar-refractivity contribution is -0.110. The van der Waals surface area contributed by atoms with Crippen molar-refractivity contribution in [2.75, 3.05) is 0 Å². The van der Waals surface area contributed by atoms with E-state index in [9.17, 15) is 13.2 Å². The third-order valence-corrected chi connectivity index (χ3v) is 0.640. The van der Waals surface area contributed by atoms with Crippen LogP contribution in [0.1, 0.15) is 12.6 Å². The molecule has 0 aliphatic heterocycles. The van der Waals surface area contributed by atoms with Crippen molar-refractivity contribution in [3.8, 4) is 0 Å². The Kier molecular flexibility index (Phi) is 3.64. The second-order valence-corrected chi connectivity index (χ2v) is 2.02. The molecular weight excluding hydrogens is 157 g/mol. The quantitative estimate of drug-likeness (QED) is 0.629. The van der Waals surface area contributed by atoms with E-state index in [1.165, 1.54) is 0 Å². The summed E-state index contributed by atoms with van der Waals surface area (Å²) in [6, 6.07) is 1.92. The molecule has 0 spiro atoms. The van der Waals surface area contributed by atoms with Crippen molar-refractivity contribution in [2.45, 2.75) is 20.0 Å². The van der Waals surface area contributed by atoms with Crippen molar-refractivity contribution in [3.63, 3.8) is 0 Å². The molecule has 0 radical (unpaired) electrons. The smallest absolute Gasteiger partial charge is 0.283 e. The molecule has 0 fully saturated rings.